The minimum absolute atomic E-state index is 0.134. The van der Waals surface area contributed by atoms with E-state index in [0.717, 1.165) is 11.3 Å². The lowest BCUT2D eigenvalue weighted by Gasteiger charge is -2.50. The molecule has 8 heteroatoms. The molecule has 0 aliphatic carbocycles. The van der Waals surface area contributed by atoms with Gasteiger partial charge in [0.15, 0.2) is 5.72 Å². The second kappa shape index (κ2) is 8.30. The lowest BCUT2D eigenvalue weighted by Crippen LogP contribution is -2.65. The maximum Gasteiger partial charge on any atom is 0.325 e. The highest BCUT2D eigenvalue weighted by Crippen LogP contribution is 2.45. The monoisotopic (exact) mass is 459 g/mol. The number of hydrogen-bond donors (Lipinski definition) is 2. The molecular weight excluding hydrogens is 434 g/mol. The second-order valence-electron chi connectivity index (χ2n) is 8.43. The van der Waals surface area contributed by atoms with E-state index in [0.29, 0.717) is 34.9 Å². The van der Waals surface area contributed by atoms with Crippen molar-refractivity contribution in [2.75, 3.05) is 24.4 Å². The molecule has 1 saturated heterocycles. The fraction of sp³-hybridized carbons (Fsp3) is 0.231. The van der Waals surface area contributed by atoms with E-state index in [1.54, 1.807) is 54.5 Å². The van der Waals surface area contributed by atoms with Crippen molar-refractivity contribution in [1.29, 1.82) is 0 Å². The summed E-state index contributed by atoms with van der Waals surface area (Å²) >= 11 is 0. The molecule has 8 nitrogen and oxygen atoms in total. The Kier molecular flexibility index (Phi) is 5.28. The normalized spacial score (nSPS) is 20.5. The van der Waals surface area contributed by atoms with Crippen molar-refractivity contribution in [2.24, 2.45) is 0 Å². The molecule has 3 aromatic carbocycles. The molecular formula is C26H25N3O5. The minimum atomic E-state index is -0.896. The van der Waals surface area contributed by atoms with Crippen molar-refractivity contribution in [3.8, 4) is 17.2 Å². The van der Waals surface area contributed by atoms with Gasteiger partial charge in [0.05, 0.1) is 31.6 Å². The van der Waals surface area contributed by atoms with E-state index < -0.39 is 5.72 Å². The van der Waals surface area contributed by atoms with Gasteiger partial charge in [-0.3, -0.25) is 9.69 Å². The number of nitrogens with one attached hydrogen (secondary N) is 2. The quantitative estimate of drug-likeness (QED) is 0.576. The SMILES string of the molecule is COc1ccc(OC)c(NC(=O)c2cccc(N3C(=O)N[C@H]4C[C@@]3(C)Oc3ccccc34)c2)c1. The number of carbonyl (C=O) groups excluding carboxylic acids is 2. The number of benzene rings is 3. The van der Waals surface area contributed by atoms with Crippen LogP contribution in [-0.4, -0.2) is 31.9 Å². The number of ether oxygens (including phenoxy) is 3. The first kappa shape index (κ1) is 21.6. The summed E-state index contributed by atoms with van der Waals surface area (Å²) in [5, 5.41) is 5.94. The topological polar surface area (TPSA) is 89.1 Å². The van der Waals surface area contributed by atoms with Crippen LogP contribution >= 0.6 is 0 Å². The Morgan fingerprint density at radius 1 is 1.09 bits per heavy atom. The molecule has 3 amide bonds. The van der Waals surface area contributed by atoms with Crippen molar-refractivity contribution < 1.29 is 23.8 Å². The molecule has 2 bridgehead atoms. The maximum absolute atomic E-state index is 13.2. The third kappa shape index (κ3) is 3.67. The van der Waals surface area contributed by atoms with Gasteiger partial charge in [0.25, 0.3) is 5.91 Å². The van der Waals surface area contributed by atoms with Crippen LogP contribution in [0.3, 0.4) is 0 Å². The van der Waals surface area contributed by atoms with Crippen molar-refractivity contribution >= 4 is 23.3 Å². The Morgan fingerprint density at radius 3 is 2.71 bits per heavy atom. The standard InChI is InChI=1S/C26H25N3O5/c1-26-15-21(19-9-4-5-10-22(19)34-26)28-25(31)29(26)17-8-6-7-16(13-17)24(30)27-20-14-18(32-2)11-12-23(20)33-3/h4-14,21H,15H2,1-3H3,(H,27,30)(H,28,31)/t21-,26+/m0/s1. The number of nitrogens with zero attached hydrogens (tertiary/aromatic N) is 1. The van der Waals surface area contributed by atoms with E-state index in [4.69, 9.17) is 14.2 Å². The molecule has 2 aliphatic rings. The summed E-state index contributed by atoms with van der Waals surface area (Å²) in [5.41, 5.74) is 1.50. The van der Waals surface area contributed by atoms with Gasteiger partial charge in [-0.25, -0.2) is 4.79 Å². The molecule has 2 aliphatic heterocycles. The molecule has 3 aromatic rings. The fourth-order valence-corrected chi connectivity index (χ4v) is 4.61. The van der Waals surface area contributed by atoms with Crippen LogP contribution in [0.15, 0.2) is 66.7 Å². The predicted molar refractivity (Wildman–Crippen MR) is 128 cm³/mol. The molecule has 5 rings (SSSR count). The Hall–Kier alpha value is -4.20. The molecule has 174 valence electrons. The molecule has 0 radical (unpaired) electrons. The third-order valence-corrected chi connectivity index (χ3v) is 6.20. The van der Waals surface area contributed by atoms with Gasteiger partial charge >= 0.3 is 6.03 Å². The lowest BCUT2D eigenvalue weighted by molar-refractivity contribution is 0.0378. The van der Waals surface area contributed by atoms with Crippen molar-refractivity contribution in [3.05, 3.63) is 77.9 Å². The van der Waals surface area contributed by atoms with Gasteiger partial charge in [-0.2, -0.15) is 0 Å². The summed E-state index contributed by atoms with van der Waals surface area (Å²) in [5.74, 6) is 1.50. The highest BCUT2D eigenvalue weighted by Gasteiger charge is 2.49. The average molecular weight is 460 g/mol. The third-order valence-electron chi connectivity index (χ3n) is 6.20. The maximum atomic E-state index is 13.2. The summed E-state index contributed by atoms with van der Waals surface area (Å²) in [6, 6.07) is 19.4. The van der Waals surface area contributed by atoms with Gasteiger partial charge in [-0.05, 0) is 43.3 Å². The van der Waals surface area contributed by atoms with Gasteiger partial charge in [0.2, 0.25) is 0 Å². The zero-order chi connectivity index (χ0) is 23.9. The summed E-state index contributed by atoms with van der Waals surface area (Å²) in [7, 11) is 3.08. The van der Waals surface area contributed by atoms with Crippen LogP contribution in [0.2, 0.25) is 0 Å². The molecule has 34 heavy (non-hydrogen) atoms. The summed E-state index contributed by atoms with van der Waals surface area (Å²) in [6.45, 7) is 1.89. The van der Waals surface area contributed by atoms with Crippen molar-refractivity contribution in [2.45, 2.75) is 25.1 Å². The van der Waals surface area contributed by atoms with Crippen LogP contribution in [0, 0.1) is 0 Å². The average Bonchev–Trinajstić information content (AvgIpc) is 2.83. The smallest absolute Gasteiger partial charge is 0.325 e. The van der Waals surface area contributed by atoms with Gasteiger partial charge in [-0.1, -0.05) is 24.3 Å². The second-order valence-corrected chi connectivity index (χ2v) is 8.43. The Bertz CT molecular complexity index is 1280. The van der Waals surface area contributed by atoms with Gasteiger partial charge < -0.3 is 24.8 Å². The van der Waals surface area contributed by atoms with Crippen LogP contribution in [-0.2, 0) is 0 Å². The number of rotatable bonds is 5. The molecule has 0 spiro atoms. The van der Waals surface area contributed by atoms with Crippen LogP contribution in [0.25, 0.3) is 0 Å². The first-order chi connectivity index (χ1) is 16.4. The van der Waals surface area contributed by atoms with E-state index in [-0.39, 0.29) is 18.0 Å². The van der Waals surface area contributed by atoms with Crippen molar-refractivity contribution in [1.82, 2.24) is 5.32 Å². The zero-order valence-electron chi connectivity index (χ0n) is 19.1. The molecule has 0 saturated carbocycles. The highest BCUT2D eigenvalue weighted by molar-refractivity contribution is 6.06. The van der Waals surface area contributed by atoms with E-state index in [1.165, 1.54) is 7.11 Å². The summed E-state index contributed by atoms with van der Waals surface area (Å²) in [6.07, 6.45) is 0.577. The first-order valence-electron chi connectivity index (χ1n) is 10.9. The van der Waals surface area contributed by atoms with E-state index >= 15 is 0 Å². The van der Waals surface area contributed by atoms with E-state index in [9.17, 15) is 9.59 Å². The number of anilines is 2. The number of para-hydroxylation sites is 1. The Morgan fingerprint density at radius 2 is 1.91 bits per heavy atom. The van der Waals surface area contributed by atoms with Crippen LogP contribution < -0.4 is 29.7 Å². The van der Waals surface area contributed by atoms with Crippen LogP contribution in [0.5, 0.6) is 17.2 Å². The van der Waals surface area contributed by atoms with Crippen molar-refractivity contribution in [3.63, 3.8) is 0 Å². The highest BCUT2D eigenvalue weighted by atomic mass is 16.5. The lowest BCUT2D eigenvalue weighted by atomic mass is 9.90. The van der Waals surface area contributed by atoms with Crippen LogP contribution in [0.1, 0.15) is 35.3 Å². The molecule has 0 unspecified atom stereocenters. The largest absolute Gasteiger partial charge is 0.497 e. The van der Waals surface area contributed by atoms with Crippen LogP contribution in [0.4, 0.5) is 16.2 Å². The number of carbonyl (C=O) groups is 2. The minimum Gasteiger partial charge on any atom is -0.497 e. The van der Waals surface area contributed by atoms with E-state index in [1.807, 2.05) is 31.2 Å². The van der Waals surface area contributed by atoms with Gasteiger partial charge in [-0.15, -0.1) is 0 Å². The number of amides is 3. The van der Waals surface area contributed by atoms with E-state index in [2.05, 4.69) is 10.6 Å². The fourth-order valence-electron chi connectivity index (χ4n) is 4.61. The number of methoxy groups -OCH3 is 2. The molecule has 1 fully saturated rings. The number of fused-ring (bicyclic) bond motifs is 4. The molecule has 2 heterocycles. The first-order valence-corrected chi connectivity index (χ1v) is 10.9. The molecule has 2 N–H and O–H groups in total. The Labute approximate surface area is 197 Å². The number of hydrogen-bond acceptors (Lipinski definition) is 5. The zero-order valence-corrected chi connectivity index (χ0v) is 19.1. The summed E-state index contributed by atoms with van der Waals surface area (Å²) < 4.78 is 16.9. The molecule has 2 atom stereocenters. The summed E-state index contributed by atoms with van der Waals surface area (Å²) in [4.78, 5) is 27.8. The molecule has 0 aromatic heterocycles. The van der Waals surface area contributed by atoms with Gasteiger partial charge in [0, 0.05) is 23.6 Å². The number of urea groups is 1. The predicted octanol–water partition coefficient (Wildman–Crippen LogP) is 4.73. The van der Waals surface area contributed by atoms with Gasteiger partial charge in [0.1, 0.15) is 17.2 Å². The Balaban J connectivity index is 1.45.